The van der Waals surface area contributed by atoms with Gasteiger partial charge in [-0.1, -0.05) is 12.1 Å². The number of likely N-dealkylation sites (N-methyl/N-ethyl adjacent to an activating group) is 1. The molecule has 9 heteroatoms. The molecule has 0 bridgehead atoms. The van der Waals surface area contributed by atoms with Crippen LogP contribution in [0.5, 0.6) is 11.5 Å². The highest BCUT2D eigenvalue weighted by Gasteiger charge is 2.34. The van der Waals surface area contributed by atoms with E-state index in [2.05, 4.69) is 5.32 Å². The number of nitrogens with one attached hydrogen (secondary N) is 1. The van der Waals surface area contributed by atoms with Crippen LogP contribution in [0.3, 0.4) is 0 Å². The van der Waals surface area contributed by atoms with Gasteiger partial charge in [0.25, 0.3) is 0 Å². The van der Waals surface area contributed by atoms with E-state index in [1.54, 1.807) is 25.2 Å². The third-order valence-electron chi connectivity index (χ3n) is 5.47. The molecule has 0 saturated carbocycles. The molecule has 2 aliphatic heterocycles. The largest absolute Gasteiger partial charge is 0.491 e. The van der Waals surface area contributed by atoms with Crippen LogP contribution < -0.4 is 14.8 Å². The first-order valence-electron chi connectivity index (χ1n) is 9.87. The Morgan fingerprint density at radius 1 is 1.26 bits per heavy atom. The number of carbonyl (C=O) groups is 2. The van der Waals surface area contributed by atoms with Crippen LogP contribution in [-0.4, -0.2) is 36.4 Å². The Labute approximate surface area is 176 Å². The number of nitrogens with zero attached hydrogens (tertiary/aromatic N) is 1. The highest BCUT2D eigenvalue weighted by molar-refractivity contribution is 6.00. The van der Waals surface area contributed by atoms with Crippen LogP contribution in [0.1, 0.15) is 29.5 Å². The second-order valence-electron chi connectivity index (χ2n) is 7.59. The van der Waals surface area contributed by atoms with Crippen molar-refractivity contribution in [3.05, 3.63) is 53.1 Å². The molecule has 2 aromatic rings. The molecule has 164 valence electrons. The van der Waals surface area contributed by atoms with Crippen molar-refractivity contribution in [2.45, 2.75) is 38.1 Å². The number of hydrogen-bond acceptors (Lipinski definition) is 4. The van der Waals surface area contributed by atoms with Crippen molar-refractivity contribution in [3.63, 3.8) is 0 Å². The molecular weight excluding hydrogens is 413 g/mol. The van der Waals surface area contributed by atoms with Gasteiger partial charge in [0.15, 0.2) is 0 Å². The predicted molar refractivity (Wildman–Crippen MR) is 106 cm³/mol. The summed E-state index contributed by atoms with van der Waals surface area (Å²) in [7, 11) is 1.59. The number of carbonyl (C=O) groups excluding carboxylic acids is 2. The van der Waals surface area contributed by atoms with Gasteiger partial charge >= 0.3 is 6.18 Å². The molecule has 1 N–H and O–H groups in total. The lowest BCUT2D eigenvalue weighted by Crippen LogP contribution is -2.38. The van der Waals surface area contributed by atoms with Crippen LogP contribution in [-0.2, 0) is 28.8 Å². The summed E-state index contributed by atoms with van der Waals surface area (Å²) in [6.45, 7) is 0.397. The number of hydrogen-bond donors (Lipinski definition) is 1. The Morgan fingerprint density at radius 3 is 2.77 bits per heavy atom. The van der Waals surface area contributed by atoms with Crippen molar-refractivity contribution in [3.8, 4) is 11.5 Å². The van der Waals surface area contributed by atoms with Gasteiger partial charge in [-0.15, -0.1) is 0 Å². The second-order valence-corrected chi connectivity index (χ2v) is 7.59. The molecule has 0 radical (unpaired) electrons. The molecule has 4 rings (SSSR count). The van der Waals surface area contributed by atoms with Crippen molar-refractivity contribution in [1.82, 2.24) is 4.90 Å². The van der Waals surface area contributed by atoms with Gasteiger partial charge in [0, 0.05) is 31.5 Å². The summed E-state index contributed by atoms with van der Waals surface area (Å²) in [5.41, 5.74) is 0.905. The molecule has 1 unspecified atom stereocenters. The van der Waals surface area contributed by atoms with Crippen LogP contribution >= 0.6 is 0 Å². The summed E-state index contributed by atoms with van der Waals surface area (Å²) >= 11 is 0. The number of likely N-dealkylation sites (tertiary alicyclic amines) is 1. The highest BCUT2D eigenvalue weighted by Crippen LogP contribution is 2.38. The first-order chi connectivity index (χ1) is 14.7. The Morgan fingerprint density at radius 2 is 2.06 bits per heavy atom. The summed E-state index contributed by atoms with van der Waals surface area (Å²) in [6, 6.07) is 7.74. The molecule has 0 aromatic heterocycles. The third kappa shape index (κ3) is 4.45. The summed E-state index contributed by atoms with van der Waals surface area (Å²) in [4.78, 5) is 25.8. The lowest BCUT2D eigenvalue weighted by molar-refractivity contribution is -0.137. The molecule has 2 aliphatic rings. The zero-order chi connectivity index (χ0) is 22.2. The van der Waals surface area contributed by atoms with Gasteiger partial charge in [-0.25, -0.2) is 0 Å². The van der Waals surface area contributed by atoms with Crippen LogP contribution in [0.4, 0.5) is 18.9 Å². The molecule has 0 spiro atoms. The van der Waals surface area contributed by atoms with Crippen molar-refractivity contribution in [2.75, 3.05) is 19.0 Å². The van der Waals surface area contributed by atoms with E-state index in [9.17, 15) is 22.8 Å². The standard InChI is InChI=1S/C22H21F3N2O4/c1-27-18(5-6-19(27)28)21(29)26-17-11-16(10-14-7-8-30-20(14)17)31-12-13-3-2-4-15(9-13)22(23,24)25/h2-4,9-11,18H,5-8,12H2,1H3,(H,26,29). The maximum absolute atomic E-state index is 12.9. The Kier molecular flexibility index (Phi) is 5.51. The van der Waals surface area contributed by atoms with Gasteiger partial charge in [-0.3, -0.25) is 9.59 Å². The van der Waals surface area contributed by atoms with Gasteiger partial charge in [-0.2, -0.15) is 13.2 Å². The maximum Gasteiger partial charge on any atom is 0.416 e. The lowest BCUT2D eigenvalue weighted by atomic mass is 10.1. The fourth-order valence-corrected chi connectivity index (χ4v) is 3.79. The van der Waals surface area contributed by atoms with Gasteiger partial charge < -0.3 is 19.7 Å². The Bertz CT molecular complexity index is 1020. The number of rotatable bonds is 5. The molecule has 1 fully saturated rings. The molecular formula is C22H21F3N2O4. The van der Waals surface area contributed by atoms with Crippen molar-refractivity contribution in [2.24, 2.45) is 0 Å². The smallest absolute Gasteiger partial charge is 0.416 e. The monoisotopic (exact) mass is 434 g/mol. The maximum atomic E-state index is 12.9. The number of fused-ring (bicyclic) bond motifs is 1. The van der Waals surface area contributed by atoms with Crippen LogP contribution in [0.25, 0.3) is 0 Å². The van der Waals surface area contributed by atoms with Gasteiger partial charge in [0.2, 0.25) is 11.8 Å². The highest BCUT2D eigenvalue weighted by atomic mass is 19.4. The van der Waals surface area contributed by atoms with E-state index in [0.29, 0.717) is 48.6 Å². The summed E-state index contributed by atoms with van der Waals surface area (Å²) in [5.74, 6) is 0.556. The van der Waals surface area contributed by atoms with E-state index in [4.69, 9.17) is 9.47 Å². The van der Waals surface area contributed by atoms with E-state index in [1.165, 1.54) is 11.0 Å². The average Bonchev–Trinajstić information content (AvgIpc) is 3.33. The van der Waals surface area contributed by atoms with Gasteiger partial charge in [0.1, 0.15) is 24.1 Å². The topological polar surface area (TPSA) is 67.9 Å². The molecule has 31 heavy (non-hydrogen) atoms. The average molecular weight is 434 g/mol. The molecule has 1 atom stereocenters. The van der Waals surface area contributed by atoms with Crippen molar-refractivity contribution >= 4 is 17.5 Å². The van der Waals surface area contributed by atoms with E-state index in [-0.39, 0.29) is 18.4 Å². The number of halogens is 3. The minimum atomic E-state index is -4.42. The quantitative estimate of drug-likeness (QED) is 0.778. The fourth-order valence-electron chi connectivity index (χ4n) is 3.79. The zero-order valence-electron chi connectivity index (χ0n) is 16.8. The van der Waals surface area contributed by atoms with E-state index in [1.807, 2.05) is 0 Å². The van der Waals surface area contributed by atoms with E-state index < -0.39 is 17.8 Å². The first kappa shape index (κ1) is 21.0. The van der Waals surface area contributed by atoms with E-state index >= 15 is 0 Å². The summed E-state index contributed by atoms with van der Waals surface area (Å²) in [6.07, 6.45) is -3.03. The molecule has 6 nitrogen and oxygen atoms in total. The summed E-state index contributed by atoms with van der Waals surface area (Å²) in [5, 5.41) is 2.82. The fraction of sp³-hybridized carbons (Fsp3) is 0.364. The number of ether oxygens (including phenoxy) is 2. The number of benzene rings is 2. The number of alkyl halides is 3. The van der Waals surface area contributed by atoms with E-state index in [0.717, 1.165) is 17.7 Å². The SMILES string of the molecule is CN1C(=O)CCC1C(=O)Nc1cc(OCc2cccc(C(F)(F)F)c2)cc2c1OCC2. The molecule has 0 aliphatic carbocycles. The van der Waals surface area contributed by atoms with Crippen LogP contribution in [0.2, 0.25) is 0 Å². The molecule has 2 amide bonds. The molecule has 1 saturated heterocycles. The van der Waals surface area contributed by atoms with Gasteiger partial charge in [-0.05, 0) is 30.2 Å². The summed E-state index contributed by atoms with van der Waals surface area (Å²) < 4.78 is 50.1. The van der Waals surface area contributed by atoms with Crippen molar-refractivity contribution in [1.29, 1.82) is 0 Å². The second kappa shape index (κ2) is 8.13. The normalized spacial score (nSPS) is 18.0. The lowest BCUT2D eigenvalue weighted by Gasteiger charge is -2.20. The number of anilines is 1. The molecule has 2 heterocycles. The predicted octanol–water partition coefficient (Wildman–Crippen LogP) is 3.78. The molecule has 2 aromatic carbocycles. The minimum absolute atomic E-state index is 0.0587. The van der Waals surface area contributed by atoms with Crippen LogP contribution in [0.15, 0.2) is 36.4 Å². The number of amides is 2. The minimum Gasteiger partial charge on any atom is -0.491 e. The Balaban J connectivity index is 1.51. The van der Waals surface area contributed by atoms with Gasteiger partial charge in [0.05, 0.1) is 17.9 Å². The van der Waals surface area contributed by atoms with Crippen molar-refractivity contribution < 1.29 is 32.2 Å². The van der Waals surface area contributed by atoms with Crippen LogP contribution in [0, 0.1) is 0 Å². The Hall–Kier alpha value is -3.23. The zero-order valence-corrected chi connectivity index (χ0v) is 16.8. The first-order valence-corrected chi connectivity index (χ1v) is 9.87. The third-order valence-corrected chi connectivity index (χ3v) is 5.47.